The Hall–Kier alpha value is -0.350. The van der Waals surface area contributed by atoms with Gasteiger partial charge in [0.1, 0.15) is 0 Å². The van der Waals surface area contributed by atoms with Crippen molar-refractivity contribution in [3.63, 3.8) is 0 Å². The van der Waals surface area contributed by atoms with Crippen molar-refractivity contribution in [2.45, 2.75) is 84.3 Å². The Bertz CT molecular complexity index is 436. The van der Waals surface area contributed by atoms with E-state index in [9.17, 15) is 5.11 Å². The zero-order valence-corrected chi connectivity index (χ0v) is 15.0. The largest absolute Gasteiger partial charge is 0.392 e. The SMILES string of the molecule is CCc1nn(CC)c(CC(O)C2CCCCCCC2)c1Br. The standard InChI is InChI=1S/C17H29BrN2O/c1-3-14-17(18)15(20(4-2)19-14)12-16(21)13-10-8-6-5-7-9-11-13/h13,16,21H,3-12H2,1-2H3. The van der Waals surface area contributed by atoms with Crippen molar-refractivity contribution in [2.75, 3.05) is 0 Å². The second kappa shape index (κ2) is 8.33. The lowest BCUT2D eigenvalue weighted by Crippen LogP contribution is -2.25. The van der Waals surface area contributed by atoms with E-state index < -0.39 is 0 Å². The van der Waals surface area contributed by atoms with E-state index in [1.54, 1.807) is 0 Å². The molecule has 2 rings (SSSR count). The van der Waals surface area contributed by atoms with Gasteiger partial charge in [0.05, 0.1) is 22.0 Å². The van der Waals surface area contributed by atoms with Gasteiger partial charge in [-0.05, 0) is 48.0 Å². The summed E-state index contributed by atoms with van der Waals surface area (Å²) in [6, 6.07) is 0. The number of aliphatic hydroxyl groups is 1. The first-order chi connectivity index (χ1) is 10.2. The molecule has 1 N–H and O–H groups in total. The minimum absolute atomic E-state index is 0.230. The van der Waals surface area contributed by atoms with Crippen LogP contribution in [0.3, 0.4) is 0 Å². The van der Waals surface area contributed by atoms with Gasteiger partial charge >= 0.3 is 0 Å². The Kier molecular flexibility index (Phi) is 6.74. The van der Waals surface area contributed by atoms with Crippen molar-refractivity contribution in [1.29, 1.82) is 0 Å². The van der Waals surface area contributed by atoms with E-state index in [1.165, 1.54) is 50.6 Å². The molecule has 0 aliphatic heterocycles. The molecule has 0 aromatic carbocycles. The molecule has 1 heterocycles. The molecular weight excluding hydrogens is 328 g/mol. The average Bonchev–Trinajstić information content (AvgIpc) is 2.74. The quantitative estimate of drug-likeness (QED) is 0.843. The molecule has 120 valence electrons. The van der Waals surface area contributed by atoms with Gasteiger partial charge in [0.2, 0.25) is 0 Å². The van der Waals surface area contributed by atoms with Gasteiger partial charge < -0.3 is 5.11 Å². The Labute approximate surface area is 137 Å². The fourth-order valence-corrected chi connectivity index (χ4v) is 4.18. The smallest absolute Gasteiger partial charge is 0.0766 e. The monoisotopic (exact) mass is 356 g/mol. The first-order valence-corrected chi connectivity index (χ1v) is 9.38. The van der Waals surface area contributed by atoms with E-state index in [2.05, 4.69) is 39.6 Å². The summed E-state index contributed by atoms with van der Waals surface area (Å²) in [4.78, 5) is 0. The Balaban J connectivity index is 2.07. The molecule has 0 saturated heterocycles. The van der Waals surface area contributed by atoms with Crippen LogP contribution in [0.2, 0.25) is 0 Å². The summed E-state index contributed by atoms with van der Waals surface area (Å²) in [5, 5.41) is 15.3. The molecule has 1 saturated carbocycles. The first kappa shape index (κ1) is 17.0. The molecule has 1 aromatic rings. The summed E-state index contributed by atoms with van der Waals surface area (Å²) in [5.41, 5.74) is 2.28. The predicted octanol–water partition coefficient (Wildman–Crippen LogP) is 4.49. The number of halogens is 1. The van der Waals surface area contributed by atoms with Gasteiger partial charge in [0.15, 0.2) is 0 Å². The minimum atomic E-state index is -0.230. The molecule has 1 unspecified atom stereocenters. The molecule has 3 nitrogen and oxygen atoms in total. The molecule has 1 fully saturated rings. The van der Waals surface area contributed by atoms with Gasteiger partial charge in [-0.15, -0.1) is 0 Å². The van der Waals surface area contributed by atoms with Crippen molar-refractivity contribution in [3.8, 4) is 0 Å². The van der Waals surface area contributed by atoms with E-state index in [0.29, 0.717) is 5.92 Å². The number of hydrogen-bond acceptors (Lipinski definition) is 2. The van der Waals surface area contributed by atoms with Crippen LogP contribution in [0.4, 0.5) is 0 Å². The second-order valence-electron chi connectivity index (χ2n) is 6.25. The van der Waals surface area contributed by atoms with Crippen molar-refractivity contribution in [2.24, 2.45) is 5.92 Å². The lowest BCUT2D eigenvalue weighted by molar-refractivity contribution is 0.0892. The Morgan fingerprint density at radius 3 is 2.38 bits per heavy atom. The third-order valence-electron chi connectivity index (χ3n) is 4.79. The Morgan fingerprint density at radius 2 is 1.81 bits per heavy atom. The maximum atomic E-state index is 10.7. The molecule has 21 heavy (non-hydrogen) atoms. The first-order valence-electron chi connectivity index (χ1n) is 8.59. The van der Waals surface area contributed by atoms with Crippen molar-refractivity contribution in [1.82, 2.24) is 9.78 Å². The number of aryl methyl sites for hydroxylation is 2. The topological polar surface area (TPSA) is 38.0 Å². The average molecular weight is 357 g/mol. The minimum Gasteiger partial charge on any atom is -0.392 e. The molecule has 0 spiro atoms. The van der Waals surface area contributed by atoms with Gasteiger partial charge in [0.25, 0.3) is 0 Å². The van der Waals surface area contributed by atoms with E-state index in [-0.39, 0.29) is 6.10 Å². The summed E-state index contributed by atoms with van der Waals surface area (Å²) >= 11 is 3.69. The highest BCUT2D eigenvalue weighted by molar-refractivity contribution is 9.10. The van der Waals surface area contributed by atoms with Crippen molar-refractivity contribution in [3.05, 3.63) is 15.9 Å². The number of aromatic nitrogens is 2. The molecule has 1 atom stereocenters. The normalized spacial score (nSPS) is 19.2. The summed E-state index contributed by atoms with van der Waals surface area (Å²) in [5.74, 6) is 0.461. The molecule has 4 heteroatoms. The van der Waals surface area contributed by atoms with Gasteiger partial charge in [-0.1, -0.05) is 39.0 Å². The second-order valence-corrected chi connectivity index (χ2v) is 7.05. The van der Waals surface area contributed by atoms with Crippen LogP contribution in [0.15, 0.2) is 4.47 Å². The number of hydrogen-bond donors (Lipinski definition) is 1. The maximum absolute atomic E-state index is 10.7. The number of nitrogens with zero attached hydrogens (tertiary/aromatic N) is 2. The van der Waals surface area contributed by atoms with E-state index >= 15 is 0 Å². The van der Waals surface area contributed by atoms with Crippen LogP contribution < -0.4 is 0 Å². The van der Waals surface area contributed by atoms with Crippen LogP contribution in [0.5, 0.6) is 0 Å². The van der Waals surface area contributed by atoms with E-state index in [4.69, 9.17) is 0 Å². The van der Waals surface area contributed by atoms with E-state index in [1.807, 2.05) is 0 Å². The summed E-state index contributed by atoms with van der Waals surface area (Å²) in [7, 11) is 0. The van der Waals surface area contributed by atoms with Crippen LogP contribution in [0.25, 0.3) is 0 Å². The highest BCUT2D eigenvalue weighted by Crippen LogP contribution is 2.29. The zero-order valence-electron chi connectivity index (χ0n) is 13.4. The lowest BCUT2D eigenvalue weighted by Gasteiger charge is -2.25. The molecule has 0 amide bonds. The molecule has 1 aliphatic carbocycles. The zero-order chi connectivity index (χ0) is 15.2. The number of aliphatic hydroxyl groups excluding tert-OH is 1. The molecule has 1 aliphatic rings. The highest BCUT2D eigenvalue weighted by atomic mass is 79.9. The molecular formula is C17H29BrN2O. The summed E-state index contributed by atoms with van der Waals surface area (Å²) in [6.45, 7) is 5.11. The van der Waals surface area contributed by atoms with Crippen LogP contribution in [-0.4, -0.2) is 21.0 Å². The lowest BCUT2D eigenvalue weighted by atomic mass is 9.85. The van der Waals surface area contributed by atoms with Crippen molar-refractivity contribution < 1.29 is 5.11 Å². The predicted molar refractivity (Wildman–Crippen MR) is 90.5 cm³/mol. The summed E-state index contributed by atoms with van der Waals surface area (Å²) in [6.07, 6.45) is 10.4. The summed E-state index contributed by atoms with van der Waals surface area (Å²) < 4.78 is 3.16. The van der Waals surface area contributed by atoms with Gasteiger partial charge in [0, 0.05) is 13.0 Å². The maximum Gasteiger partial charge on any atom is 0.0766 e. The third kappa shape index (κ3) is 4.32. The number of rotatable bonds is 5. The van der Waals surface area contributed by atoms with Crippen molar-refractivity contribution >= 4 is 15.9 Å². The van der Waals surface area contributed by atoms with Gasteiger partial charge in [-0.3, -0.25) is 4.68 Å². The fourth-order valence-electron chi connectivity index (χ4n) is 3.45. The molecule has 0 bridgehead atoms. The molecule has 1 aromatic heterocycles. The highest BCUT2D eigenvalue weighted by Gasteiger charge is 2.24. The van der Waals surface area contributed by atoms with Crippen LogP contribution in [0.1, 0.15) is 70.2 Å². The van der Waals surface area contributed by atoms with Gasteiger partial charge in [-0.25, -0.2) is 0 Å². The molecule has 0 radical (unpaired) electrons. The third-order valence-corrected chi connectivity index (χ3v) is 5.71. The Morgan fingerprint density at radius 1 is 1.19 bits per heavy atom. The van der Waals surface area contributed by atoms with Crippen LogP contribution >= 0.6 is 15.9 Å². The van der Waals surface area contributed by atoms with E-state index in [0.717, 1.165) is 29.6 Å². The van der Waals surface area contributed by atoms with Crippen LogP contribution in [-0.2, 0) is 19.4 Å². The fraction of sp³-hybridized carbons (Fsp3) is 0.824. The van der Waals surface area contributed by atoms with Crippen LogP contribution in [0, 0.1) is 5.92 Å². The van der Waals surface area contributed by atoms with Gasteiger partial charge in [-0.2, -0.15) is 5.10 Å².